The molecule has 4 nitrogen and oxygen atoms in total. The predicted molar refractivity (Wildman–Crippen MR) is 98.7 cm³/mol. The normalized spacial score (nSPS) is 19.3. The van der Waals surface area contributed by atoms with Crippen LogP contribution < -0.4 is 5.32 Å². The molecule has 1 fully saturated rings. The average molecular weight is 334 g/mol. The summed E-state index contributed by atoms with van der Waals surface area (Å²) in [6, 6.07) is 11.0. The summed E-state index contributed by atoms with van der Waals surface area (Å²) in [4.78, 5) is 16.4. The first kappa shape index (κ1) is 18.0. The molecular formula is C18H27N3OS. The molecule has 0 aromatic heterocycles. The Kier molecular flexibility index (Phi) is 7.65. The second kappa shape index (κ2) is 9.75. The van der Waals surface area contributed by atoms with Crippen LogP contribution in [0.1, 0.15) is 5.56 Å². The van der Waals surface area contributed by atoms with Crippen LogP contribution in [0.5, 0.6) is 0 Å². The number of likely N-dealkylation sites (N-methyl/N-ethyl adjacent to an activating group) is 1. The molecule has 5 heteroatoms. The van der Waals surface area contributed by atoms with Gasteiger partial charge in [-0.1, -0.05) is 36.4 Å². The highest BCUT2D eigenvalue weighted by atomic mass is 32.2. The molecule has 0 bridgehead atoms. The van der Waals surface area contributed by atoms with E-state index in [-0.39, 0.29) is 5.91 Å². The largest absolute Gasteiger partial charge is 0.351 e. The highest BCUT2D eigenvalue weighted by molar-refractivity contribution is 7.99. The maximum atomic E-state index is 11.9. The van der Waals surface area contributed by atoms with Gasteiger partial charge >= 0.3 is 0 Å². The Balaban J connectivity index is 1.81. The van der Waals surface area contributed by atoms with Crippen LogP contribution in [0.4, 0.5) is 0 Å². The topological polar surface area (TPSA) is 35.6 Å². The van der Waals surface area contributed by atoms with Gasteiger partial charge in [0, 0.05) is 49.8 Å². The summed E-state index contributed by atoms with van der Waals surface area (Å²) < 4.78 is 0. The lowest BCUT2D eigenvalue weighted by atomic mass is 10.1. The average Bonchev–Trinajstić information content (AvgIpc) is 2.55. The minimum Gasteiger partial charge on any atom is -0.351 e. The number of carbonyl (C=O) groups excluding carboxylic acids is 1. The first-order valence-corrected chi connectivity index (χ1v) is 9.25. The summed E-state index contributed by atoms with van der Waals surface area (Å²) in [5.41, 5.74) is 1.33. The monoisotopic (exact) mass is 333 g/mol. The molecule has 1 unspecified atom stereocenters. The van der Waals surface area contributed by atoms with Crippen LogP contribution in [0, 0.1) is 0 Å². The second-order valence-corrected chi connectivity index (χ2v) is 7.24. The van der Waals surface area contributed by atoms with Crippen molar-refractivity contribution < 1.29 is 4.79 Å². The van der Waals surface area contributed by atoms with Gasteiger partial charge in [-0.2, -0.15) is 11.8 Å². The molecule has 1 amide bonds. The van der Waals surface area contributed by atoms with Crippen molar-refractivity contribution in [2.24, 2.45) is 0 Å². The fourth-order valence-electron chi connectivity index (χ4n) is 2.55. The molecule has 23 heavy (non-hydrogen) atoms. The fourth-order valence-corrected chi connectivity index (χ4v) is 3.68. The van der Waals surface area contributed by atoms with Crippen LogP contribution >= 0.6 is 11.8 Å². The van der Waals surface area contributed by atoms with Crippen molar-refractivity contribution in [1.29, 1.82) is 0 Å². The molecule has 0 aliphatic carbocycles. The van der Waals surface area contributed by atoms with Gasteiger partial charge in [0.15, 0.2) is 0 Å². The molecule has 1 aliphatic rings. The Labute approximate surface area is 143 Å². The van der Waals surface area contributed by atoms with E-state index in [4.69, 9.17) is 0 Å². The van der Waals surface area contributed by atoms with Crippen molar-refractivity contribution in [3.05, 3.63) is 48.0 Å². The molecule has 126 valence electrons. The summed E-state index contributed by atoms with van der Waals surface area (Å²) in [6.45, 7) is 3.53. The first-order chi connectivity index (χ1) is 11.1. The Morgan fingerprint density at radius 1 is 1.39 bits per heavy atom. The molecule has 0 radical (unpaired) electrons. The van der Waals surface area contributed by atoms with Gasteiger partial charge in [0.2, 0.25) is 5.91 Å². The van der Waals surface area contributed by atoms with E-state index in [1.165, 1.54) is 11.3 Å². The number of nitrogens with zero attached hydrogens (tertiary/aromatic N) is 2. The molecule has 1 heterocycles. The molecule has 1 aromatic rings. The Morgan fingerprint density at radius 3 is 2.91 bits per heavy atom. The standard InChI is InChI=1S/C18H27N3OS/c1-20(2)10-6-9-18(22)19-13-17-15-23-12-11-21(17)14-16-7-4-3-5-8-16/h3-9,17H,10-15H2,1-2H3,(H,19,22)/b9-6+. The molecule has 1 N–H and O–H groups in total. The van der Waals surface area contributed by atoms with Crippen molar-refractivity contribution in [1.82, 2.24) is 15.1 Å². The number of thioether (sulfide) groups is 1. The molecule has 2 rings (SSSR count). The van der Waals surface area contributed by atoms with Crippen LogP contribution in [0.25, 0.3) is 0 Å². The molecule has 1 saturated heterocycles. The Bertz CT molecular complexity index is 504. The second-order valence-electron chi connectivity index (χ2n) is 6.09. The zero-order valence-electron chi connectivity index (χ0n) is 14.1. The fraction of sp³-hybridized carbons (Fsp3) is 0.500. The number of nitrogens with one attached hydrogen (secondary N) is 1. The van der Waals surface area contributed by atoms with Gasteiger partial charge in [0.25, 0.3) is 0 Å². The smallest absolute Gasteiger partial charge is 0.243 e. The number of hydrogen-bond donors (Lipinski definition) is 1. The number of carbonyl (C=O) groups is 1. The zero-order valence-corrected chi connectivity index (χ0v) is 14.9. The van der Waals surface area contributed by atoms with Gasteiger partial charge in [-0.05, 0) is 19.7 Å². The Morgan fingerprint density at radius 2 is 2.17 bits per heavy atom. The lowest BCUT2D eigenvalue weighted by Crippen LogP contribution is -2.48. The number of amides is 1. The quantitative estimate of drug-likeness (QED) is 0.773. The third-order valence-corrected chi connectivity index (χ3v) is 4.92. The van der Waals surface area contributed by atoms with Crippen molar-refractivity contribution in [3.8, 4) is 0 Å². The third-order valence-electron chi connectivity index (χ3n) is 3.83. The summed E-state index contributed by atoms with van der Waals surface area (Å²) >= 11 is 1.97. The summed E-state index contributed by atoms with van der Waals surface area (Å²) in [5, 5.41) is 3.04. The molecule has 0 saturated carbocycles. The van der Waals surface area contributed by atoms with Crippen LogP contribution in [-0.4, -0.2) is 67.0 Å². The van der Waals surface area contributed by atoms with Gasteiger partial charge in [-0.15, -0.1) is 0 Å². The van der Waals surface area contributed by atoms with Crippen LogP contribution in [0.3, 0.4) is 0 Å². The van der Waals surface area contributed by atoms with E-state index in [0.717, 1.165) is 25.4 Å². The minimum absolute atomic E-state index is 0.00193. The maximum absolute atomic E-state index is 11.9. The molecular weight excluding hydrogens is 306 g/mol. The van der Waals surface area contributed by atoms with Crippen LogP contribution in [-0.2, 0) is 11.3 Å². The third kappa shape index (κ3) is 6.77. The lowest BCUT2D eigenvalue weighted by Gasteiger charge is -2.35. The summed E-state index contributed by atoms with van der Waals surface area (Å²) in [5.74, 6) is 2.25. The van der Waals surface area contributed by atoms with Gasteiger partial charge < -0.3 is 10.2 Å². The van der Waals surface area contributed by atoms with Crippen molar-refractivity contribution in [2.75, 3.05) is 45.2 Å². The van der Waals surface area contributed by atoms with Gasteiger partial charge in [-0.25, -0.2) is 0 Å². The molecule has 1 aliphatic heterocycles. The van der Waals surface area contributed by atoms with E-state index in [0.29, 0.717) is 12.6 Å². The highest BCUT2D eigenvalue weighted by Crippen LogP contribution is 2.18. The van der Waals surface area contributed by atoms with E-state index in [1.807, 2.05) is 42.9 Å². The predicted octanol–water partition coefficient (Wildman–Crippen LogP) is 1.84. The zero-order chi connectivity index (χ0) is 16.5. The number of hydrogen-bond acceptors (Lipinski definition) is 4. The van der Waals surface area contributed by atoms with E-state index in [9.17, 15) is 4.79 Å². The summed E-state index contributed by atoms with van der Waals surface area (Å²) in [6.07, 6.45) is 3.53. The van der Waals surface area contributed by atoms with E-state index in [2.05, 4.69) is 34.5 Å². The van der Waals surface area contributed by atoms with Gasteiger partial charge in [0.05, 0.1) is 0 Å². The summed E-state index contributed by atoms with van der Waals surface area (Å²) in [7, 11) is 3.98. The minimum atomic E-state index is 0.00193. The van der Waals surface area contributed by atoms with Crippen molar-refractivity contribution in [2.45, 2.75) is 12.6 Å². The number of benzene rings is 1. The maximum Gasteiger partial charge on any atom is 0.243 e. The Hall–Kier alpha value is -1.30. The first-order valence-electron chi connectivity index (χ1n) is 8.10. The van der Waals surface area contributed by atoms with E-state index < -0.39 is 0 Å². The van der Waals surface area contributed by atoms with Crippen molar-refractivity contribution >= 4 is 17.7 Å². The van der Waals surface area contributed by atoms with E-state index in [1.54, 1.807) is 6.08 Å². The molecule has 1 atom stereocenters. The van der Waals surface area contributed by atoms with Crippen LogP contribution in [0.2, 0.25) is 0 Å². The molecule has 0 spiro atoms. The lowest BCUT2D eigenvalue weighted by molar-refractivity contribution is -0.116. The highest BCUT2D eigenvalue weighted by Gasteiger charge is 2.22. The van der Waals surface area contributed by atoms with E-state index >= 15 is 0 Å². The van der Waals surface area contributed by atoms with Crippen molar-refractivity contribution in [3.63, 3.8) is 0 Å². The van der Waals surface area contributed by atoms with Crippen LogP contribution in [0.15, 0.2) is 42.5 Å². The molecule has 1 aromatic carbocycles. The number of rotatable bonds is 7. The SMILES string of the molecule is CN(C)C/C=C/C(=O)NCC1CSCCN1Cc1ccccc1. The van der Waals surface area contributed by atoms with Gasteiger partial charge in [-0.3, -0.25) is 9.69 Å². The van der Waals surface area contributed by atoms with Gasteiger partial charge in [0.1, 0.15) is 0 Å².